The molecule has 1 aliphatic rings. The van der Waals surface area contributed by atoms with Crippen LogP contribution in [-0.4, -0.2) is 16.5 Å². The van der Waals surface area contributed by atoms with Crippen LogP contribution in [0.5, 0.6) is 0 Å². The van der Waals surface area contributed by atoms with Gasteiger partial charge in [-0.15, -0.1) is 0 Å². The number of aryl methyl sites for hydroxylation is 1. The van der Waals surface area contributed by atoms with Gasteiger partial charge in [-0.05, 0) is 49.1 Å². The van der Waals surface area contributed by atoms with Crippen LogP contribution in [0.4, 0.5) is 28.7 Å². The lowest BCUT2D eigenvalue weighted by molar-refractivity contribution is 0.759. The van der Waals surface area contributed by atoms with Crippen molar-refractivity contribution in [3.05, 3.63) is 64.9 Å². The van der Waals surface area contributed by atoms with Crippen LogP contribution in [0.3, 0.4) is 0 Å². The van der Waals surface area contributed by atoms with Gasteiger partial charge in [0.1, 0.15) is 12.0 Å². The van der Waals surface area contributed by atoms with E-state index in [1.807, 2.05) is 31.2 Å². The van der Waals surface area contributed by atoms with E-state index in [1.54, 1.807) is 6.33 Å². The Morgan fingerprint density at radius 3 is 2.85 bits per heavy atom. The van der Waals surface area contributed by atoms with E-state index in [0.717, 1.165) is 42.1 Å². The molecule has 6 heteroatoms. The van der Waals surface area contributed by atoms with E-state index in [0.29, 0.717) is 16.5 Å². The number of nitrogens with zero attached hydrogens (tertiary/aromatic N) is 3. The fraction of sp³-hybridized carbons (Fsp3) is 0.200. The van der Waals surface area contributed by atoms with Gasteiger partial charge in [0.05, 0.1) is 0 Å². The van der Waals surface area contributed by atoms with E-state index in [1.165, 1.54) is 5.56 Å². The summed E-state index contributed by atoms with van der Waals surface area (Å²) in [6.07, 6.45) is 3.69. The van der Waals surface area contributed by atoms with Crippen molar-refractivity contribution in [1.82, 2.24) is 9.97 Å². The van der Waals surface area contributed by atoms with Gasteiger partial charge >= 0.3 is 0 Å². The SMILES string of the molecule is Cc1c(Cl)cccc1Nc1ncnc(N2CCCc3ccccc32)c1N. The number of fused-ring (bicyclic) bond motifs is 1. The molecule has 3 aromatic rings. The molecule has 0 unspecified atom stereocenters. The van der Waals surface area contributed by atoms with Gasteiger partial charge in [-0.2, -0.15) is 0 Å². The molecule has 0 fully saturated rings. The second kappa shape index (κ2) is 6.84. The summed E-state index contributed by atoms with van der Waals surface area (Å²) in [5, 5.41) is 4.00. The number of hydrogen-bond acceptors (Lipinski definition) is 5. The summed E-state index contributed by atoms with van der Waals surface area (Å²) >= 11 is 6.22. The molecule has 26 heavy (non-hydrogen) atoms. The van der Waals surface area contributed by atoms with Crippen molar-refractivity contribution in [2.24, 2.45) is 0 Å². The number of hydrogen-bond donors (Lipinski definition) is 2. The maximum Gasteiger partial charge on any atom is 0.161 e. The molecular weight excluding hydrogens is 346 g/mol. The second-order valence-electron chi connectivity index (χ2n) is 6.38. The minimum atomic E-state index is 0.531. The van der Waals surface area contributed by atoms with E-state index in [-0.39, 0.29) is 0 Å². The third-order valence-corrected chi connectivity index (χ3v) is 5.16. The van der Waals surface area contributed by atoms with Gasteiger partial charge in [0.15, 0.2) is 11.6 Å². The van der Waals surface area contributed by atoms with Gasteiger partial charge in [-0.25, -0.2) is 9.97 Å². The monoisotopic (exact) mass is 365 g/mol. The lowest BCUT2D eigenvalue weighted by Crippen LogP contribution is -2.26. The van der Waals surface area contributed by atoms with Crippen LogP contribution >= 0.6 is 11.6 Å². The van der Waals surface area contributed by atoms with Crippen LogP contribution in [0, 0.1) is 6.92 Å². The molecule has 2 aromatic carbocycles. The van der Waals surface area contributed by atoms with Gasteiger partial charge in [0.25, 0.3) is 0 Å². The van der Waals surface area contributed by atoms with Crippen LogP contribution in [-0.2, 0) is 6.42 Å². The summed E-state index contributed by atoms with van der Waals surface area (Å²) in [4.78, 5) is 11.0. The molecule has 1 aliphatic heterocycles. The standard InChI is InChI=1S/C20H20ClN5/c1-13-15(21)8-4-9-16(13)25-19-18(22)20(24-12-23-19)26-11-5-7-14-6-2-3-10-17(14)26/h2-4,6,8-10,12H,5,7,11,22H2,1H3,(H,23,24,25). The van der Waals surface area contributed by atoms with E-state index >= 15 is 0 Å². The van der Waals surface area contributed by atoms with Gasteiger partial charge in [0.2, 0.25) is 0 Å². The number of benzene rings is 2. The van der Waals surface area contributed by atoms with Crippen LogP contribution in [0.2, 0.25) is 5.02 Å². The third-order valence-electron chi connectivity index (χ3n) is 4.75. The fourth-order valence-corrected chi connectivity index (χ4v) is 3.50. The Morgan fingerprint density at radius 2 is 1.96 bits per heavy atom. The van der Waals surface area contributed by atoms with E-state index in [4.69, 9.17) is 17.3 Å². The Bertz CT molecular complexity index is 957. The third kappa shape index (κ3) is 2.95. The van der Waals surface area contributed by atoms with Crippen molar-refractivity contribution in [1.29, 1.82) is 0 Å². The molecule has 0 saturated heterocycles. The molecule has 132 valence electrons. The predicted octanol–water partition coefficient (Wildman–Crippen LogP) is 4.85. The minimum Gasteiger partial charge on any atom is -0.393 e. The molecule has 0 amide bonds. The maximum absolute atomic E-state index is 6.45. The zero-order valence-electron chi connectivity index (χ0n) is 14.5. The Balaban J connectivity index is 1.72. The quantitative estimate of drug-likeness (QED) is 0.694. The summed E-state index contributed by atoms with van der Waals surface area (Å²) in [5.41, 5.74) is 11.3. The van der Waals surface area contributed by atoms with Crippen molar-refractivity contribution in [3.8, 4) is 0 Å². The molecule has 0 radical (unpaired) electrons. The molecule has 0 aliphatic carbocycles. The number of nitrogen functional groups attached to an aromatic ring is 1. The van der Waals surface area contributed by atoms with E-state index < -0.39 is 0 Å². The molecule has 2 heterocycles. The van der Waals surface area contributed by atoms with Crippen molar-refractivity contribution < 1.29 is 0 Å². The van der Waals surface area contributed by atoms with Gasteiger partial charge in [-0.3, -0.25) is 0 Å². The van der Waals surface area contributed by atoms with E-state index in [9.17, 15) is 0 Å². The van der Waals surface area contributed by atoms with Crippen LogP contribution in [0.15, 0.2) is 48.8 Å². The first-order valence-electron chi connectivity index (χ1n) is 8.63. The maximum atomic E-state index is 6.45. The molecule has 0 atom stereocenters. The topological polar surface area (TPSA) is 67.1 Å². The van der Waals surface area contributed by atoms with Gasteiger partial charge in [0, 0.05) is 22.9 Å². The molecule has 3 N–H and O–H groups in total. The van der Waals surface area contributed by atoms with Crippen molar-refractivity contribution >= 4 is 40.3 Å². The first-order chi connectivity index (χ1) is 12.6. The van der Waals surface area contributed by atoms with E-state index in [2.05, 4.69) is 38.4 Å². The summed E-state index contributed by atoms with van der Waals surface area (Å²) < 4.78 is 0. The average molecular weight is 366 g/mol. The Kier molecular flexibility index (Phi) is 4.39. The molecular formula is C20H20ClN5. The molecule has 1 aromatic heterocycles. The molecule has 0 bridgehead atoms. The lowest BCUT2D eigenvalue weighted by atomic mass is 10.0. The highest BCUT2D eigenvalue weighted by Gasteiger charge is 2.22. The van der Waals surface area contributed by atoms with Crippen LogP contribution < -0.4 is 16.0 Å². The number of halogens is 1. The highest BCUT2D eigenvalue weighted by atomic mass is 35.5. The fourth-order valence-electron chi connectivity index (χ4n) is 3.33. The number of para-hydroxylation sites is 1. The highest BCUT2D eigenvalue weighted by molar-refractivity contribution is 6.31. The van der Waals surface area contributed by atoms with Crippen molar-refractivity contribution in [3.63, 3.8) is 0 Å². The molecule has 0 saturated carbocycles. The first kappa shape index (κ1) is 16.7. The zero-order chi connectivity index (χ0) is 18.1. The predicted molar refractivity (Wildman–Crippen MR) is 108 cm³/mol. The minimum absolute atomic E-state index is 0.531. The highest BCUT2D eigenvalue weighted by Crippen LogP contribution is 2.37. The number of rotatable bonds is 3. The zero-order valence-corrected chi connectivity index (χ0v) is 15.3. The number of anilines is 5. The van der Waals surface area contributed by atoms with Gasteiger partial charge in [-0.1, -0.05) is 35.9 Å². The van der Waals surface area contributed by atoms with Crippen molar-refractivity contribution in [2.75, 3.05) is 22.5 Å². The summed E-state index contributed by atoms with van der Waals surface area (Å²) in [6.45, 7) is 2.84. The molecule has 0 spiro atoms. The van der Waals surface area contributed by atoms with Crippen LogP contribution in [0.1, 0.15) is 17.5 Å². The Hall–Kier alpha value is -2.79. The lowest BCUT2D eigenvalue weighted by Gasteiger charge is -2.31. The summed E-state index contributed by atoms with van der Waals surface area (Å²) in [7, 11) is 0. The summed E-state index contributed by atoms with van der Waals surface area (Å²) in [5.74, 6) is 1.32. The Morgan fingerprint density at radius 1 is 1.12 bits per heavy atom. The Labute approximate surface area is 157 Å². The molecule has 4 rings (SSSR count). The van der Waals surface area contributed by atoms with Gasteiger partial charge < -0.3 is 16.0 Å². The van der Waals surface area contributed by atoms with Crippen molar-refractivity contribution in [2.45, 2.75) is 19.8 Å². The smallest absolute Gasteiger partial charge is 0.161 e. The largest absolute Gasteiger partial charge is 0.393 e. The second-order valence-corrected chi connectivity index (χ2v) is 6.79. The summed E-state index contributed by atoms with van der Waals surface area (Å²) in [6, 6.07) is 14.1. The number of aromatic nitrogens is 2. The normalized spacial score (nSPS) is 13.4. The number of nitrogens with one attached hydrogen (secondary N) is 1. The number of nitrogens with two attached hydrogens (primary N) is 1. The molecule has 5 nitrogen and oxygen atoms in total. The van der Waals surface area contributed by atoms with Crippen LogP contribution in [0.25, 0.3) is 0 Å². The first-order valence-corrected chi connectivity index (χ1v) is 9.01. The average Bonchev–Trinajstić information content (AvgIpc) is 2.67.